The van der Waals surface area contributed by atoms with Gasteiger partial charge in [-0.3, -0.25) is 4.79 Å². The summed E-state index contributed by atoms with van der Waals surface area (Å²) >= 11 is 0. The number of carboxylic acid groups (broad SMARTS) is 2. The Kier molecular flexibility index (Phi) is 9.67. The lowest BCUT2D eigenvalue weighted by Crippen LogP contribution is -2.45. The van der Waals surface area contributed by atoms with Crippen LogP contribution in [0, 0.1) is 6.92 Å². The SMILES string of the molecule is Cc1cccc(OCCCOc2ccc(CCc3cccc4c3OC(C(=O)O)CN4CCCC(=O)O)cc2)c1. The summed E-state index contributed by atoms with van der Waals surface area (Å²) in [5, 5.41) is 18.6. The maximum Gasteiger partial charge on any atom is 0.346 e. The molecule has 0 fully saturated rings. The number of para-hydroxylation sites is 1. The first-order chi connectivity index (χ1) is 18.9. The number of fused-ring (bicyclic) bond motifs is 1. The van der Waals surface area contributed by atoms with Crippen LogP contribution >= 0.6 is 0 Å². The molecule has 8 heteroatoms. The van der Waals surface area contributed by atoms with E-state index in [4.69, 9.17) is 19.3 Å². The first kappa shape index (κ1) is 27.8. The van der Waals surface area contributed by atoms with E-state index in [1.807, 2.05) is 78.6 Å². The molecule has 0 aromatic heterocycles. The molecule has 0 saturated carbocycles. The molecule has 1 aliphatic rings. The lowest BCUT2D eigenvalue weighted by atomic mass is 10.0. The van der Waals surface area contributed by atoms with Crippen molar-refractivity contribution in [1.29, 1.82) is 0 Å². The highest BCUT2D eigenvalue weighted by Gasteiger charge is 2.31. The summed E-state index contributed by atoms with van der Waals surface area (Å²) in [6, 6.07) is 21.8. The molecule has 0 spiro atoms. The van der Waals surface area contributed by atoms with Crippen LogP contribution in [0.3, 0.4) is 0 Å². The zero-order valence-electron chi connectivity index (χ0n) is 22.2. The Bertz CT molecular complexity index is 1260. The minimum atomic E-state index is -1.03. The van der Waals surface area contributed by atoms with Crippen molar-refractivity contribution in [1.82, 2.24) is 0 Å². The van der Waals surface area contributed by atoms with Crippen LogP contribution in [-0.2, 0) is 22.4 Å². The molecule has 1 heterocycles. The molecule has 3 aromatic rings. The topological polar surface area (TPSA) is 106 Å². The van der Waals surface area contributed by atoms with Gasteiger partial charge in [-0.25, -0.2) is 4.79 Å². The summed E-state index contributed by atoms with van der Waals surface area (Å²) in [7, 11) is 0. The van der Waals surface area contributed by atoms with Crippen LogP contribution in [0.4, 0.5) is 5.69 Å². The molecule has 206 valence electrons. The van der Waals surface area contributed by atoms with Crippen molar-refractivity contribution in [2.75, 3.05) is 31.2 Å². The zero-order valence-corrected chi connectivity index (χ0v) is 22.2. The Morgan fingerprint density at radius 2 is 1.67 bits per heavy atom. The van der Waals surface area contributed by atoms with Gasteiger partial charge in [-0.1, -0.05) is 36.4 Å². The van der Waals surface area contributed by atoms with Gasteiger partial charge < -0.3 is 29.3 Å². The molecule has 1 atom stereocenters. The van der Waals surface area contributed by atoms with Gasteiger partial charge in [0, 0.05) is 19.4 Å². The number of carboxylic acids is 2. The van der Waals surface area contributed by atoms with Crippen LogP contribution in [0.1, 0.15) is 36.0 Å². The Morgan fingerprint density at radius 3 is 2.38 bits per heavy atom. The molecule has 1 aliphatic heterocycles. The number of anilines is 1. The summed E-state index contributed by atoms with van der Waals surface area (Å²) in [4.78, 5) is 24.6. The Labute approximate surface area is 228 Å². The van der Waals surface area contributed by atoms with Crippen LogP contribution in [-0.4, -0.2) is 54.6 Å². The second kappa shape index (κ2) is 13.6. The second-order valence-corrected chi connectivity index (χ2v) is 9.66. The smallest absolute Gasteiger partial charge is 0.346 e. The maximum absolute atomic E-state index is 11.7. The summed E-state index contributed by atoms with van der Waals surface area (Å²) in [5.41, 5.74) is 4.04. The fourth-order valence-corrected chi connectivity index (χ4v) is 4.57. The highest BCUT2D eigenvalue weighted by molar-refractivity contribution is 5.77. The van der Waals surface area contributed by atoms with E-state index in [-0.39, 0.29) is 13.0 Å². The second-order valence-electron chi connectivity index (χ2n) is 9.66. The van der Waals surface area contributed by atoms with E-state index in [0.717, 1.165) is 41.2 Å². The minimum absolute atomic E-state index is 0.0328. The average molecular weight is 534 g/mol. The Hall–Kier alpha value is -4.20. The average Bonchev–Trinajstić information content (AvgIpc) is 2.92. The minimum Gasteiger partial charge on any atom is -0.493 e. The fourth-order valence-electron chi connectivity index (χ4n) is 4.57. The molecule has 0 aliphatic carbocycles. The monoisotopic (exact) mass is 533 g/mol. The number of aryl methyl sites for hydroxylation is 3. The molecule has 2 N–H and O–H groups in total. The number of hydrogen-bond donors (Lipinski definition) is 2. The van der Waals surface area contributed by atoms with Gasteiger partial charge in [-0.15, -0.1) is 0 Å². The van der Waals surface area contributed by atoms with Gasteiger partial charge in [-0.2, -0.15) is 0 Å². The van der Waals surface area contributed by atoms with Crippen LogP contribution < -0.4 is 19.1 Å². The Balaban J connectivity index is 1.29. The van der Waals surface area contributed by atoms with E-state index in [2.05, 4.69) is 0 Å². The summed E-state index contributed by atoms with van der Waals surface area (Å²) < 4.78 is 17.5. The lowest BCUT2D eigenvalue weighted by Gasteiger charge is -2.35. The third-order valence-corrected chi connectivity index (χ3v) is 6.58. The normalized spacial score (nSPS) is 14.3. The van der Waals surface area contributed by atoms with E-state index >= 15 is 0 Å². The highest BCUT2D eigenvalue weighted by Crippen LogP contribution is 2.37. The number of hydrogen-bond acceptors (Lipinski definition) is 6. The number of aliphatic carboxylic acids is 2. The third-order valence-electron chi connectivity index (χ3n) is 6.58. The molecule has 3 aromatic carbocycles. The van der Waals surface area contributed by atoms with Gasteiger partial charge in [-0.05, 0) is 73.2 Å². The van der Waals surface area contributed by atoms with Gasteiger partial charge in [0.25, 0.3) is 0 Å². The quantitative estimate of drug-likeness (QED) is 0.274. The predicted octanol–water partition coefficient (Wildman–Crippen LogP) is 5.14. The van der Waals surface area contributed by atoms with E-state index in [1.54, 1.807) is 0 Å². The Morgan fingerprint density at radius 1 is 0.923 bits per heavy atom. The standard InChI is InChI=1S/C31H35NO7/c1-22-6-2-8-26(20-22)38-19-5-18-37-25-15-12-23(13-16-25)11-14-24-7-3-9-27-30(24)39-28(31(35)36)21-32(27)17-4-10-29(33)34/h2-3,6-9,12-13,15-16,20,28H,4-5,10-11,14,17-19,21H2,1H3,(H,33,34)(H,35,36). The van der Waals surface area contributed by atoms with Crippen molar-refractivity contribution >= 4 is 17.6 Å². The van der Waals surface area contributed by atoms with E-state index < -0.39 is 18.0 Å². The maximum atomic E-state index is 11.7. The van der Waals surface area contributed by atoms with Gasteiger partial charge in [0.15, 0.2) is 0 Å². The molecule has 1 unspecified atom stereocenters. The van der Waals surface area contributed by atoms with Crippen LogP contribution in [0.5, 0.6) is 17.2 Å². The van der Waals surface area contributed by atoms with Gasteiger partial charge in [0.05, 0.1) is 25.4 Å². The van der Waals surface area contributed by atoms with Crippen molar-refractivity contribution in [2.24, 2.45) is 0 Å². The first-order valence-electron chi connectivity index (χ1n) is 13.3. The highest BCUT2D eigenvalue weighted by atomic mass is 16.5. The summed E-state index contributed by atoms with van der Waals surface area (Å²) in [6.45, 7) is 3.83. The number of ether oxygens (including phenoxy) is 3. The van der Waals surface area contributed by atoms with Crippen molar-refractivity contribution in [3.05, 3.63) is 83.4 Å². The molecular weight excluding hydrogens is 498 g/mol. The van der Waals surface area contributed by atoms with Crippen LogP contribution in [0.25, 0.3) is 0 Å². The largest absolute Gasteiger partial charge is 0.493 e. The van der Waals surface area contributed by atoms with Crippen molar-refractivity contribution < 1.29 is 34.0 Å². The lowest BCUT2D eigenvalue weighted by molar-refractivity contribution is -0.145. The summed E-state index contributed by atoms with van der Waals surface area (Å²) in [6.07, 6.45) is 1.67. The van der Waals surface area contributed by atoms with Crippen molar-refractivity contribution in [2.45, 2.75) is 45.1 Å². The number of carbonyl (C=O) groups is 2. The molecule has 8 nitrogen and oxygen atoms in total. The number of benzene rings is 3. The number of nitrogens with zero attached hydrogens (tertiary/aromatic N) is 1. The molecule has 0 saturated heterocycles. The van der Waals surface area contributed by atoms with E-state index in [9.17, 15) is 14.7 Å². The van der Waals surface area contributed by atoms with Crippen molar-refractivity contribution in [3.8, 4) is 17.2 Å². The number of rotatable bonds is 14. The predicted molar refractivity (Wildman–Crippen MR) is 148 cm³/mol. The summed E-state index contributed by atoms with van der Waals surface area (Å²) in [5.74, 6) is 0.343. The molecular formula is C31H35NO7. The van der Waals surface area contributed by atoms with Crippen molar-refractivity contribution in [3.63, 3.8) is 0 Å². The first-order valence-corrected chi connectivity index (χ1v) is 13.3. The van der Waals surface area contributed by atoms with E-state index in [0.29, 0.717) is 38.3 Å². The van der Waals surface area contributed by atoms with Crippen LogP contribution in [0.2, 0.25) is 0 Å². The molecule has 0 bridgehead atoms. The molecule has 0 amide bonds. The molecule has 39 heavy (non-hydrogen) atoms. The van der Waals surface area contributed by atoms with Crippen LogP contribution in [0.15, 0.2) is 66.7 Å². The molecule has 4 rings (SSSR count). The third kappa shape index (κ3) is 8.14. The van der Waals surface area contributed by atoms with Gasteiger partial charge >= 0.3 is 11.9 Å². The molecule has 0 radical (unpaired) electrons. The van der Waals surface area contributed by atoms with E-state index in [1.165, 1.54) is 5.56 Å². The zero-order chi connectivity index (χ0) is 27.6. The van der Waals surface area contributed by atoms with Gasteiger partial charge in [0.1, 0.15) is 17.2 Å². The van der Waals surface area contributed by atoms with Gasteiger partial charge in [0.2, 0.25) is 6.10 Å². The fraction of sp³-hybridized carbons (Fsp3) is 0.355.